The van der Waals surface area contributed by atoms with E-state index in [1.807, 2.05) is 0 Å². The first-order valence-corrected chi connectivity index (χ1v) is 0.454. The van der Waals surface area contributed by atoms with Crippen LogP contribution in [0.5, 0.6) is 0 Å². The molecule has 4 heavy (non-hydrogen) atoms. The summed E-state index contributed by atoms with van der Waals surface area (Å²) in [4.78, 5) is 8.35. The Morgan fingerprint density at radius 1 is 1.75 bits per heavy atom. The van der Waals surface area contributed by atoms with Gasteiger partial charge in [0.15, 0.2) is 0 Å². The molecule has 0 unspecified atom stereocenters. The minimum atomic E-state index is 0. The molecule has 0 amide bonds. The van der Waals surface area contributed by atoms with E-state index in [-0.39, 0.29) is 23.9 Å². The predicted octanol–water partition coefficient (Wildman–Crippen LogP) is -1.02. The fourth-order valence-corrected chi connectivity index (χ4v) is 0. The zero-order chi connectivity index (χ0) is 2.71. The molecule has 3 heteroatoms. The Bertz CT molecular complexity index is 29.0. The maximum absolute atomic E-state index is 8.35. The number of hydrogen-bond acceptors (Lipinski definition) is 2. The third-order valence-electron chi connectivity index (χ3n) is 0. The first-order chi connectivity index (χ1) is 1.41. The summed E-state index contributed by atoms with van der Waals surface area (Å²) >= 11 is 0. The molecule has 0 rings (SSSR count). The topological polar surface area (TPSA) is 40.9 Å². The summed E-state index contributed by atoms with van der Waals surface area (Å²) in [5, 5.41) is 5.40. The van der Waals surface area contributed by atoms with E-state index in [0.717, 1.165) is 6.08 Å². The van der Waals surface area contributed by atoms with Gasteiger partial charge in [0.05, 0.1) is 0 Å². The Balaban J connectivity index is 0. The van der Waals surface area contributed by atoms with Crippen molar-refractivity contribution in [3.63, 3.8) is 0 Å². The van der Waals surface area contributed by atoms with Crippen molar-refractivity contribution >= 4 is 30.0 Å². The van der Waals surface area contributed by atoms with E-state index in [1.54, 1.807) is 0 Å². The number of isocyanates is 1. The van der Waals surface area contributed by atoms with Crippen LogP contribution in [0.15, 0.2) is 0 Å². The van der Waals surface area contributed by atoms with E-state index in [0.29, 0.717) is 0 Å². The Labute approximate surface area is 40.7 Å². The molecule has 0 aromatic carbocycles. The van der Waals surface area contributed by atoms with Gasteiger partial charge in [0.1, 0.15) is 0 Å². The third-order valence-corrected chi connectivity index (χ3v) is 0. The Morgan fingerprint density at radius 3 is 1.75 bits per heavy atom. The molecule has 0 saturated carbocycles. The fraction of sp³-hybridized carbons (Fsp3) is 0. The molecule has 0 aliphatic rings. The second-order valence-electron chi connectivity index (χ2n) is 0.102. The zero-order valence-electron chi connectivity index (χ0n) is 2.12. The first kappa shape index (κ1) is 8.89. The van der Waals surface area contributed by atoms with E-state index < -0.39 is 0 Å². The molecule has 0 fully saturated rings. The predicted molar refractivity (Wildman–Crippen MR) is 17.0 cm³/mol. The molecule has 1 N–H and O–H groups in total. The third kappa shape index (κ3) is 94.8. The molecule has 0 bridgehead atoms. The standard InChI is InChI=1S/CHNO.Sn.2H/c2-1-3;;;/h2H;;;. The van der Waals surface area contributed by atoms with E-state index >= 15 is 0 Å². The SMILES string of the molecule is N=C=O.[SnH2]. The molecule has 2 nitrogen and oxygen atoms in total. The van der Waals surface area contributed by atoms with Crippen molar-refractivity contribution in [2.24, 2.45) is 0 Å². The molecule has 0 atom stereocenters. The Kier molecular flexibility index (Phi) is 24.2. The number of nitrogens with one attached hydrogen (secondary N) is 1. The molecular formula is CH3NOSn. The molecule has 0 aromatic rings. The van der Waals surface area contributed by atoms with E-state index in [9.17, 15) is 0 Å². The van der Waals surface area contributed by atoms with Crippen LogP contribution in [0.4, 0.5) is 0 Å². The van der Waals surface area contributed by atoms with Crippen molar-refractivity contribution in [2.75, 3.05) is 0 Å². The summed E-state index contributed by atoms with van der Waals surface area (Å²) in [7, 11) is 0. The van der Waals surface area contributed by atoms with Crippen molar-refractivity contribution in [2.45, 2.75) is 0 Å². The summed E-state index contributed by atoms with van der Waals surface area (Å²) in [6.45, 7) is 0. The van der Waals surface area contributed by atoms with Gasteiger partial charge in [-0.25, -0.2) is 10.2 Å². The van der Waals surface area contributed by atoms with Crippen LogP contribution >= 0.6 is 0 Å². The van der Waals surface area contributed by atoms with Crippen LogP contribution in [0.3, 0.4) is 0 Å². The van der Waals surface area contributed by atoms with Crippen molar-refractivity contribution in [1.82, 2.24) is 0 Å². The van der Waals surface area contributed by atoms with Crippen LogP contribution in [-0.2, 0) is 4.79 Å². The van der Waals surface area contributed by atoms with Gasteiger partial charge in [-0.1, -0.05) is 0 Å². The van der Waals surface area contributed by atoms with Gasteiger partial charge in [-0.15, -0.1) is 0 Å². The van der Waals surface area contributed by atoms with Gasteiger partial charge in [0.25, 0.3) is 0 Å². The second-order valence-corrected chi connectivity index (χ2v) is 0.102. The summed E-state index contributed by atoms with van der Waals surface area (Å²) in [6.07, 6.45) is 0.750. The Morgan fingerprint density at radius 2 is 1.75 bits per heavy atom. The van der Waals surface area contributed by atoms with Crippen LogP contribution < -0.4 is 0 Å². The fourth-order valence-electron chi connectivity index (χ4n) is 0. The van der Waals surface area contributed by atoms with Crippen molar-refractivity contribution in [3.8, 4) is 0 Å². The van der Waals surface area contributed by atoms with Gasteiger partial charge in [0, 0.05) is 0 Å². The summed E-state index contributed by atoms with van der Waals surface area (Å²) in [5.41, 5.74) is 0. The van der Waals surface area contributed by atoms with Crippen LogP contribution in [0.25, 0.3) is 0 Å². The molecule has 0 spiro atoms. The Hall–Kier alpha value is 0.179. The molecule has 0 saturated heterocycles. The van der Waals surface area contributed by atoms with Gasteiger partial charge < -0.3 is 0 Å². The van der Waals surface area contributed by atoms with Crippen molar-refractivity contribution in [3.05, 3.63) is 0 Å². The molecule has 0 aliphatic carbocycles. The molecular weight excluding hydrogens is 161 g/mol. The van der Waals surface area contributed by atoms with E-state index in [1.165, 1.54) is 0 Å². The molecule has 0 aliphatic heterocycles. The van der Waals surface area contributed by atoms with Gasteiger partial charge in [-0.2, -0.15) is 0 Å². The average molecular weight is 164 g/mol. The quantitative estimate of drug-likeness (QED) is 0.278. The zero-order valence-corrected chi connectivity index (χ0v) is 6.15. The van der Waals surface area contributed by atoms with Crippen LogP contribution in [0, 0.1) is 5.41 Å². The van der Waals surface area contributed by atoms with Crippen molar-refractivity contribution < 1.29 is 4.79 Å². The first-order valence-electron chi connectivity index (χ1n) is 0.454. The monoisotopic (exact) mass is 165 g/mol. The number of rotatable bonds is 0. The van der Waals surface area contributed by atoms with Crippen LogP contribution in [0.2, 0.25) is 0 Å². The van der Waals surface area contributed by atoms with E-state index in [2.05, 4.69) is 0 Å². The van der Waals surface area contributed by atoms with Gasteiger partial charge in [0.2, 0.25) is 6.08 Å². The normalized spacial score (nSPS) is 2.00. The van der Waals surface area contributed by atoms with Gasteiger partial charge in [-0.05, 0) is 0 Å². The second kappa shape index (κ2) is 10.9. The summed E-state index contributed by atoms with van der Waals surface area (Å²) in [6, 6.07) is 0. The number of carbonyl (C=O) groups excluding carboxylic acids is 1. The molecule has 22 valence electrons. The minimum absolute atomic E-state index is 0. The van der Waals surface area contributed by atoms with E-state index in [4.69, 9.17) is 10.2 Å². The molecule has 0 heterocycles. The molecule has 0 aromatic heterocycles. The van der Waals surface area contributed by atoms with Gasteiger partial charge in [-0.3, -0.25) is 0 Å². The summed E-state index contributed by atoms with van der Waals surface area (Å²) in [5.74, 6) is 0. The average Bonchev–Trinajstić information content (AvgIpc) is 0.918. The maximum atomic E-state index is 8.35. The van der Waals surface area contributed by atoms with Crippen LogP contribution in [-0.4, -0.2) is 30.0 Å². The number of hydrogen-bond donors (Lipinski definition) is 1. The van der Waals surface area contributed by atoms with Crippen molar-refractivity contribution in [1.29, 1.82) is 5.41 Å². The van der Waals surface area contributed by atoms with Crippen LogP contribution in [0.1, 0.15) is 0 Å². The molecule has 2 radical (unpaired) electrons. The van der Waals surface area contributed by atoms with Gasteiger partial charge >= 0.3 is 23.9 Å². The summed E-state index contributed by atoms with van der Waals surface area (Å²) < 4.78 is 0.